The first kappa shape index (κ1) is 29.6. The zero-order valence-electron chi connectivity index (χ0n) is 25.0. The van der Waals surface area contributed by atoms with Gasteiger partial charge in [0.15, 0.2) is 0 Å². The van der Waals surface area contributed by atoms with E-state index >= 15 is 0 Å². The number of hydrogen-bond donors (Lipinski definition) is 0. The average Bonchev–Trinajstić information content (AvgIpc) is 3.48. The Morgan fingerprint density at radius 3 is 2.33 bits per heavy atom. The largest absolute Gasteiger partial charge is 0.497 e. The van der Waals surface area contributed by atoms with Gasteiger partial charge in [-0.2, -0.15) is 0 Å². The molecule has 4 aromatic carbocycles. The predicted molar refractivity (Wildman–Crippen MR) is 172 cm³/mol. The lowest BCUT2D eigenvalue weighted by atomic mass is 10.0. The summed E-state index contributed by atoms with van der Waals surface area (Å²) >= 11 is 0. The number of fused-ring (bicyclic) bond motifs is 1. The fraction of sp³-hybridized carbons (Fsp3) is 0.243. The molecule has 220 valence electrons. The second-order valence-electron chi connectivity index (χ2n) is 10.8. The maximum atomic E-state index is 14.1. The Balaban J connectivity index is 1.40. The number of amides is 2. The normalized spacial score (nSPS) is 10.9. The molecule has 6 nitrogen and oxygen atoms in total. The zero-order chi connectivity index (χ0) is 30.0. The lowest BCUT2D eigenvalue weighted by molar-refractivity contribution is -0.133. The summed E-state index contributed by atoms with van der Waals surface area (Å²) in [5.41, 5.74) is 3.81. The van der Waals surface area contributed by atoms with Gasteiger partial charge in [-0.1, -0.05) is 92.2 Å². The molecule has 6 heteroatoms. The molecule has 2 amide bonds. The number of unbranched alkanes of at least 4 members (excludes halogenated alkanes) is 1. The molecule has 0 bridgehead atoms. The van der Waals surface area contributed by atoms with Crippen LogP contribution in [0.4, 0.5) is 0 Å². The van der Waals surface area contributed by atoms with Crippen molar-refractivity contribution in [3.8, 4) is 5.75 Å². The highest BCUT2D eigenvalue weighted by atomic mass is 16.5. The van der Waals surface area contributed by atoms with Gasteiger partial charge in [-0.3, -0.25) is 9.59 Å². The van der Waals surface area contributed by atoms with E-state index in [1.165, 1.54) is 0 Å². The van der Waals surface area contributed by atoms with Crippen LogP contribution in [0.5, 0.6) is 5.75 Å². The number of ether oxygens (including phenoxy) is 1. The smallest absolute Gasteiger partial charge is 0.254 e. The van der Waals surface area contributed by atoms with Gasteiger partial charge in [0.2, 0.25) is 5.91 Å². The molecule has 0 aliphatic heterocycles. The van der Waals surface area contributed by atoms with Crippen LogP contribution in [0.3, 0.4) is 0 Å². The predicted octanol–water partition coefficient (Wildman–Crippen LogP) is 7.17. The van der Waals surface area contributed by atoms with Crippen LogP contribution in [0.2, 0.25) is 0 Å². The summed E-state index contributed by atoms with van der Waals surface area (Å²) in [6, 6.07) is 35.8. The summed E-state index contributed by atoms with van der Waals surface area (Å²) in [4.78, 5) is 31.6. The van der Waals surface area contributed by atoms with Crippen molar-refractivity contribution in [1.82, 2.24) is 14.4 Å². The molecule has 0 aliphatic carbocycles. The monoisotopic (exact) mass is 573 g/mol. The van der Waals surface area contributed by atoms with E-state index in [1.807, 2.05) is 108 Å². The molecule has 1 aromatic heterocycles. The van der Waals surface area contributed by atoms with Gasteiger partial charge < -0.3 is 19.1 Å². The highest BCUT2D eigenvalue weighted by molar-refractivity contribution is 6.07. The molecule has 1 heterocycles. The first-order chi connectivity index (χ1) is 21.1. The second-order valence-corrected chi connectivity index (χ2v) is 10.8. The van der Waals surface area contributed by atoms with Gasteiger partial charge in [-0.25, -0.2) is 0 Å². The SMILES string of the molecule is CCCCN(CC(=O)N(Cc1ccccc1)Cc1cccn1Cc1cccc(OC)c1)C(=O)c1cccc2ccccc12. The number of rotatable bonds is 13. The van der Waals surface area contributed by atoms with Gasteiger partial charge in [-0.05, 0) is 58.7 Å². The maximum Gasteiger partial charge on any atom is 0.254 e. The first-order valence-electron chi connectivity index (χ1n) is 14.9. The van der Waals surface area contributed by atoms with E-state index in [1.54, 1.807) is 12.0 Å². The number of methoxy groups -OCH3 is 1. The molecule has 0 unspecified atom stereocenters. The standard InChI is InChI=1S/C37H39N3O3/c1-3-4-22-39(37(42)35-21-11-17-31-16-8-9-20-34(31)35)28-36(41)40(25-29-13-6-5-7-14-29)27-32-18-12-23-38(32)26-30-15-10-19-33(24-30)43-2/h5-21,23-24H,3-4,22,25-28H2,1-2H3. The Morgan fingerprint density at radius 1 is 0.767 bits per heavy atom. The molecule has 0 fully saturated rings. The van der Waals surface area contributed by atoms with E-state index in [0.717, 1.165) is 46.2 Å². The van der Waals surface area contributed by atoms with Gasteiger partial charge in [-0.15, -0.1) is 0 Å². The van der Waals surface area contributed by atoms with Crippen LogP contribution in [-0.4, -0.2) is 46.4 Å². The minimum Gasteiger partial charge on any atom is -0.497 e. The van der Waals surface area contributed by atoms with E-state index in [-0.39, 0.29) is 18.4 Å². The molecule has 5 rings (SSSR count). The van der Waals surface area contributed by atoms with Crippen molar-refractivity contribution in [1.29, 1.82) is 0 Å². The number of carbonyl (C=O) groups is 2. The average molecular weight is 574 g/mol. The maximum absolute atomic E-state index is 14.1. The molecule has 0 aliphatic rings. The Hall–Kier alpha value is -4.84. The van der Waals surface area contributed by atoms with Crippen LogP contribution >= 0.6 is 0 Å². The third-order valence-corrected chi connectivity index (χ3v) is 7.75. The van der Waals surface area contributed by atoms with Crippen molar-refractivity contribution in [2.75, 3.05) is 20.2 Å². The molecule has 0 radical (unpaired) electrons. The number of nitrogens with zero attached hydrogens (tertiary/aromatic N) is 3. The lowest BCUT2D eigenvalue weighted by Gasteiger charge is -2.29. The highest BCUT2D eigenvalue weighted by Crippen LogP contribution is 2.21. The van der Waals surface area contributed by atoms with Crippen LogP contribution in [0.25, 0.3) is 10.8 Å². The van der Waals surface area contributed by atoms with E-state index in [0.29, 0.717) is 31.7 Å². The van der Waals surface area contributed by atoms with Crippen molar-refractivity contribution in [2.24, 2.45) is 0 Å². The van der Waals surface area contributed by atoms with Gasteiger partial charge in [0.1, 0.15) is 12.3 Å². The summed E-state index contributed by atoms with van der Waals surface area (Å²) in [6.07, 6.45) is 3.79. The third-order valence-electron chi connectivity index (χ3n) is 7.75. The number of hydrogen-bond acceptors (Lipinski definition) is 3. The van der Waals surface area contributed by atoms with E-state index in [4.69, 9.17) is 4.74 Å². The number of carbonyl (C=O) groups excluding carboxylic acids is 2. The van der Waals surface area contributed by atoms with Crippen LogP contribution in [0.15, 0.2) is 115 Å². The summed E-state index contributed by atoms with van der Waals surface area (Å²) in [5.74, 6) is 0.623. The topological polar surface area (TPSA) is 54.8 Å². The zero-order valence-corrected chi connectivity index (χ0v) is 25.0. The quantitative estimate of drug-likeness (QED) is 0.150. The Kier molecular flexibility index (Phi) is 9.90. The van der Waals surface area contributed by atoms with Crippen molar-refractivity contribution < 1.29 is 14.3 Å². The van der Waals surface area contributed by atoms with Crippen molar-refractivity contribution >= 4 is 22.6 Å². The van der Waals surface area contributed by atoms with Gasteiger partial charge in [0, 0.05) is 37.1 Å². The molecule has 0 saturated carbocycles. The first-order valence-corrected chi connectivity index (χ1v) is 14.9. The fourth-order valence-corrected chi connectivity index (χ4v) is 5.39. The molecule has 5 aromatic rings. The fourth-order valence-electron chi connectivity index (χ4n) is 5.39. The van der Waals surface area contributed by atoms with Crippen molar-refractivity contribution in [3.63, 3.8) is 0 Å². The molecule has 43 heavy (non-hydrogen) atoms. The highest BCUT2D eigenvalue weighted by Gasteiger charge is 2.24. The Bertz CT molecular complexity index is 1660. The molecule has 0 saturated heterocycles. The summed E-state index contributed by atoms with van der Waals surface area (Å²) < 4.78 is 7.57. The van der Waals surface area contributed by atoms with E-state index in [9.17, 15) is 9.59 Å². The van der Waals surface area contributed by atoms with E-state index in [2.05, 4.69) is 23.6 Å². The number of aromatic nitrogens is 1. The Morgan fingerprint density at radius 2 is 1.51 bits per heavy atom. The molecular weight excluding hydrogens is 534 g/mol. The van der Waals surface area contributed by atoms with Crippen LogP contribution in [0.1, 0.15) is 46.9 Å². The van der Waals surface area contributed by atoms with Gasteiger partial charge in [0.25, 0.3) is 5.91 Å². The molecule has 0 atom stereocenters. The van der Waals surface area contributed by atoms with E-state index < -0.39 is 0 Å². The number of benzene rings is 4. The summed E-state index contributed by atoms with van der Waals surface area (Å²) in [6.45, 7) is 4.18. The van der Waals surface area contributed by atoms with Crippen molar-refractivity contribution in [2.45, 2.75) is 39.4 Å². The lowest BCUT2D eigenvalue weighted by Crippen LogP contribution is -2.43. The minimum absolute atomic E-state index is 0.0193. The summed E-state index contributed by atoms with van der Waals surface area (Å²) in [5, 5.41) is 1.91. The van der Waals surface area contributed by atoms with Gasteiger partial charge in [0.05, 0.1) is 13.7 Å². The van der Waals surface area contributed by atoms with Crippen LogP contribution in [-0.2, 0) is 24.4 Å². The van der Waals surface area contributed by atoms with Gasteiger partial charge >= 0.3 is 0 Å². The van der Waals surface area contributed by atoms with Crippen LogP contribution < -0.4 is 4.74 Å². The molecule has 0 N–H and O–H groups in total. The Labute approximate surface area is 254 Å². The molecular formula is C37H39N3O3. The molecule has 0 spiro atoms. The van der Waals surface area contributed by atoms with Crippen LogP contribution in [0, 0.1) is 0 Å². The second kappa shape index (κ2) is 14.4. The van der Waals surface area contributed by atoms with Crippen molar-refractivity contribution in [3.05, 3.63) is 138 Å². The minimum atomic E-state index is -0.111. The summed E-state index contributed by atoms with van der Waals surface area (Å²) in [7, 11) is 1.67. The third kappa shape index (κ3) is 7.52.